The second-order valence-electron chi connectivity index (χ2n) is 15.4. The molecule has 7 atom stereocenters. The van der Waals surface area contributed by atoms with Crippen LogP contribution in [-0.2, 0) is 14.2 Å². The topological polar surface area (TPSA) is 136 Å². The lowest BCUT2D eigenvalue weighted by Gasteiger charge is -2.21. The van der Waals surface area contributed by atoms with Gasteiger partial charge in [-0.25, -0.2) is 0 Å². The van der Waals surface area contributed by atoms with Crippen molar-refractivity contribution in [2.24, 2.45) is 0 Å². The lowest BCUT2D eigenvalue weighted by molar-refractivity contribution is -0.0766. The van der Waals surface area contributed by atoms with Crippen molar-refractivity contribution in [1.82, 2.24) is 0 Å². The molecule has 62 heavy (non-hydrogen) atoms. The summed E-state index contributed by atoms with van der Waals surface area (Å²) < 4.78 is 33.4. The Bertz CT molecular complexity index is 1780. The monoisotopic (exact) mass is 865 g/mol. The summed E-state index contributed by atoms with van der Waals surface area (Å²) in [4.78, 5) is 0. The Balaban J connectivity index is 0.000000429. The lowest BCUT2D eigenvalue weighted by Crippen LogP contribution is -2.19. The van der Waals surface area contributed by atoms with E-state index < -0.39 is 0 Å². The molecular formula is C52H80O10. The van der Waals surface area contributed by atoms with E-state index in [2.05, 4.69) is 61.5 Å². The molecule has 0 amide bonds. The van der Waals surface area contributed by atoms with Crippen molar-refractivity contribution in [3.05, 3.63) is 101 Å². The molecule has 4 rings (SSSR count). The summed E-state index contributed by atoms with van der Waals surface area (Å²) >= 11 is 0. The van der Waals surface area contributed by atoms with Crippen molar-refractivity contribution in [3.8, 4) is 40.2 Å². The Hall–Kier alpha value is -4.64. The van der Waals surface area contributed by atoms with Gasteiger partial charge in [-0.1, -0.05) is 85.7 Å². The van der Waals surface area contributed by atoms with E-state index in [0.717, 1.165) is 36.8 Å². The number of phenols is 4. The molecule has 0 aromatic heterocycles. The minimum Gasteiger partial charge on any atom is -0.508 e. The number of hydrogen-bond acceptors (Lipinski definition) is 10. The van der Waals surface area contributed by atoms with Crippen LogP contribution in [0.3, 0.4) is 0 Å². The summed E-state index contributed by atoms with van der Waals surface area (Å²) in [6.45, 7) is 30.4. The molecule has 4 aromatic rings. The Morgan fingerprint density at radius 1 is 0.355 bits per heavy atom. The van der Waals surface area contributed by atoms with Crippen LogP contribution in [0.2, 0.25) is 0 Å². The lowest BCUT2D eigenvalue weighted by atomic mass is 9.98. The Morgan fingerprint density at radius 2 is 0.694 bits per heavy atom. The van der Waals surface area contributed by atoms with Crippen molar-refractivity contribution >= 4 is 0 Å². The van der Waals surface area contributed by atoms with Crippen LogP contribution in [0.5, 0.6) is 40.2 Å². The highest BCUT2D eigenvalue weighted by atomic mass is 16.7. The largest absolute Gasteiger partial charge is 0.508 e. The van der Waals surface area contributed by atoms with Gasteiger partial charge < -0.3 is 48.8 Å². The summed E-state index contributed by atoms with van der Waals surface area (Å²) in [5.41, 5.74) is 4.72. The van der Waals surface area contributed by atoms with Crippen molar-refractivity contribution in [1.29, 1.82) is 0 Å². The Kier molecular flexibility index (Phi) is 27.2. The highest BCUT2D eigenvalue weighted by Crippen LogP contribution is 2.35. The first-order valence-corrected chi connectivity index (χ1v) is 22.6. The maximum absolute atomic E-state index is 9.87. The second kappa shape index (κ2) is 30.4. The van der Waals surface area contributed by atoms with E-state index in [0.29, 0.717) is 66.5 Å². The first-order valence-electron chi connectivity index (χ1n) is 22.6. The molecule has 0 aliphatic carbocycles. The SMILES string of the molecule is CCC(C)c1ccc(O)c(O)c1.CCC(C)c1ccc(O)cc1.CCOC(C)Oc1ccc(C(C)CC)cc1O.CCOC(C)Oc1ccc(C(C)CC)cc1OC(C)OCC. The quantitative estimate of drug-likeness (QED) is 0.0502. The predicted molar refractivity (Wildman–Crippen MR) is 252 cm³/mol. The van der Waals surface area contributed by atoms with Crippen LogP contribution in [0.25, 0.3) is 0 Å². The fourth-order valence-corrected chi connectivity index (χ4v) is 5.90. The minimum absolute atomic E-state index is 0.0344. The highest BCUT2D eigenvalue weighted by Gasteiger charge is 2.16. The molecule has 348 valence electrons. The zero-order valence-electron chi connectivity index (χ0n) is 40.2. The molecule has 0 spiro atoms. The molecule has 0 heterocycles. The molecule has 0 bridgehead atoms. The number of ether oxygens (including phenoxy) is 6. The Labute approximate surface area is 374 Å². The van der Waals surface area contributed by atoms with Gasteiger partial charge in [0, 0.05) is 19.8 Å². The van der Waals surface area contributed by atoms with E-state index in [1.165, 1.54) is 17.2 Å². The van der Waals surface area contributed by atoms with Gasteiger partial charge >= 0.3 is 0 Å². The standard InChI is InChI=1S/C18H30O4.C14H22O3.C10H14O2.C10H14O/c1-7-13(4)16-10-11-17(21-14(5)19-8-2)18(12-16)22-15(6)20-9-3;1-5-10(3)12-7-8-14(13(15)9-12)17-11(4)16-6-2;1-3-7(2)8-4-5-9(11)10(12)6-8;1-3-8(2)9-4-6-10(11)7-5-9/h10-15H,7-9H2,1-6H3;7-11,15H,5-6H2,1-4H3;4-7,11-12H,3H2,1-2H3;4-8,11H,3H2,1-2H3. The summed E-state index contributed by atoms with van der Waals surface area (Å²) in [7, 11) is 0. The van der Waals surface area contributed by atoms with Gasteiger partial charge in [0.15, 0.2) is 53.4 Å². The van der Waals surface area contributed by atoms with Crippen molar-refractivity contribution in [2.75, 3.05) is 19.8 Å². The van der Waals surface area contributed by atoms with Crippen LogP contribution in [0.15, 0.2) is 78.9 Å². The van der Waals surface area contributed by atoms with Crippen LogP contribution >= 0.6 is 0 Å². The third-order valence-electron chi connectivity index (χ3n) is 10.7. The van der Waals surface area contributed by atoms with Crippen LogP contribution < -0.4 is 14.2 Å². The van der Waals surface area contributed by atoms with Gasteiger partial charge in [0.25, 0.3) is 0 Å². The van der Waals surface area contributed by atoms with Crippen LogP contribution in [0, 0.1) is 0 Å². The van der Waals surface area contributed by atoms with Gasteiger partial charge in [-0.05, 0) is 162 Å². The van der Waals surface area contributed by atoms with Gasteiger partial charge in [-0.15, -0.1) is 0 Å². The summed E-state index contributed by atoms with van der Waals surface area (Å²) in [6.07, 6.45) is 3.33. The number of hydrogen-bond donors (Lipinski definition) is 4. The van der Waals surface area contributed by atoms with E-state index in [1.807, 2.05) is 77.9 Å². The van der Waals surface area contributed by atoms with Crippen LogP contribution in [0.4, 0.5) is 0 Å². The van der Waals surface area contributed by atoms with E-state index in [4.69, 9.17) is 38.6 Å². The first-order chi connectivity index (χ1) is 29.5. The maximum atomic E-state index is 9.87. The zero-order valence-corrected chi connectivity index (χ0v) is 40.2. The smallest absolute Gasteiger partial charge is 0.197 e. The van der Waals surface area contributed by atoms with Gasteiger partial charge in [0.2, 0.25) is 0 Å². The number of benzene rings is 4. The molecule has 0 radical (unpaired) electrons. The molecule has 0 saturated heterocycles. The molecule has 0 aliphatic heterocycles. The fraction of sp³-hybridized carbons (Fsp3) is 0.538. The van der Waals surface area contributed by atoms with Crippen molar-refractivity contribution in [2.45, 2.75) is 165 Å². The first kappa shape index (κ1) is 55.4. The molecule has 4 N–H and O–H groups in total. The molecular weight excluding hydrogens is 785 g/mol. The normalized spacial score (nSPS) is 14.1. The van der Waals surface area contributed by atoms with E-state index in [-0.39, 0.29) is 36.1 Å². The van der Waals surface area contributed by atoms with Crippen molar-refractivity contribution in [3.63, 3.8) is 0 Å². The van der Waals surface area contributed by atoms with Crippen molar-refractivity contribution < 1.29 is 48.8 Å². The molecule has 10 heteroatoms. The third kappa shape index (κ3) is 20.5. The van der Waals surface area contributed by atoms with Crippen LogP contribution in [0.1, 0.15) is 169 Å². The minimum atomic E-state index is -0.347. The molecule has 0 saturated carbocycles. The predicted octanol–water partition coefficient (Wildman–Crippen LogP) is 13.9. The molecule has 10 nitrogen and oxygen atoms in total. The number of rotatable bonds is 20. The molecule has 0 aliphatic rings. The fourth-order valence-electron chi connectivity index (χ4n) is 5.90. The third-order valence-corrected chi connectivity index (χ3v) is 10.7. The zero-order chi connectivity index (χ0) is 46.8. The average Bonchev–Trinajstić information content (AvgIpc) is 3.26. The number of phenolic OH excluding ortho intramolecular Hbond substituents is 4. The van der Waals surface area contributed by atoms with E-state index in [9.17, 15) is 10.2 Å². The van der Waals surface area contributed by atoms with Gasteiger partial charge in [-0.3, -0.25) is 0 Å². The summed E-state index contributed by atoms with van der Waals surface area (Å²) in [6, 6.07) is 24.0. The molecule has 4 aromatic carbocycles. The Morgan fingerprint density at radius 3 is 1.10 bits per heavy atom. The maximum Gasteiger partial charge on any atom is 0.197 e. The average molecular weight is 865 g/mol. The highest BCUT2D eigenvalue weighted by molar-refractivity contribution is 5.45. The van der Waals surface area contributed by atoms with E-state index >= 15 is 0 Å². The second-order valence-corrected chi connectivity index (χ2v) is 15.4. The molecule has 0 fully saturated rings. The van der Waals surface area contributed by atoms with Gasteiger partial charge in [0.1, 0.15) is 5.75 Å². The van der Waals surface area contributed by atoms with Gasteiger partial charge in [-0.2, -0.15) is 0 Å². The van der Waals surface area contributed by atoms with Gasteiger partial charge in [0.05, 0.1) is 0 Å². The summed E-state index contributed by atoms with van der Waals surface area (Å²) in [5, 5.41) is 37.1. The van der Waals surface area contributed by atoms with Crippen LogP contribution in [-0.4, -0.2) is 59.1 Å². The number of aromatic hydroxyl groups is 4. The molecule has 7 unspecified atom stereocenters. The van der Waals surface area contributed by atoms with E-state index in [1.54, 1.807) is 30.3 Å². The summed E-state index contributed by atoms with van der Waals surface area (Å²) in [5.74, 6) is 4.22.